The number of hydrogen-bond donors (Lipinski definition) is 0. The van der Waals surface area contributed by atoms with Crippen molar-refractivity contribution >= 4 is 5.97 Å². The summed E-state index contributed by atoms with van der Waals surface area (Å²) in [6, 6.07) is 0. The van der Waals surface area contributed by atoms with Crippen LogP contribution in [0.5, 0.6) is 0 Å². The second-order valence-electron chi connectivity index (χ2n) is 2.42. The van der Waals surface area contributed by atoms with E-state index < -0.39 is 5.83 Å². The van der Waals surface area contributed by atoms with Gasteiger partial charge in [-0.1, -0.05) is 0 Å². The highest BCUT2D eigenvalue weighted by molar-refractivity contribution is 5.75. The van der Waals surface area contributed by atoms with Crippen molar-refractivity contribution in [1.82, 2.24) is 0 Å². The third-order valence-corrected chi connectivity index (χ3v) is 1.25. The molecule has 0 spiro atoms. The Kier molecular flexibility index (Phi) is 2.04. The fourth-order valence-corrected chi connectivity index (χ4v) is 0.555. The first-order valence-electron chi connectivity index (χ1n) is 3.23. The molecule has 0 aromatic carbocycles. The first-order chi connectivity index (χ1) is 4.70. The maximum absolute atomic E-state index is 11.9. The Morgan fingerprint density at radius 2 is 2.30 bits per heavy atom. The summed E-state index contributed by atoms with van der Waals surface area (Å²) in [6.07, 6.45) is 2.62. The van der Waals surface area contributed by atoms with Crippen molar-refractivity contribution in [3.63, 3.8) is 0 Å². The van der Waals surface area contributed by atoms with Crippen molar-refractivity contribution in [2.24, 2.45) is 5.92 Å². The summed E-state index contributed by atoms with van der Waals surface area (Å²) in [5.74, 6) is -0.749. The van der Waals surface area contributed by atoms with E-state index in [1.165, 1.54) is 6.92 Å². The van der Waals surface area contributed by atoms with Gasteiger partial charge in [0.15, 0.2) is 0 Å². The van der Waals surface area contributed by atoms with E-state index in [4.69, 9.17) is 0 Å². The van der Waals surface area contributed by atoms with Crippen LogP contribution in [0.25, 0.3) is 0 Å². The number of ether oxygens (including phenoxy) is 1. The van der Waals surface area contributed by atoms with E-state index in [0.29, 0.717) is 0 Å². The fraction of sp³-hybridized carbons (Fsp3) is 0.571. The molecule has 1 fully saturated rings. The van der Waals surface area contributed by atoms with Crippen molar-refractivity contribution in [3.05, 3.63) is 12.1 Å². The molecule has 1 saturated carbocycles. The highest BCUT2D eigenvalue weighted by atomic mass is 19.1. The van der Waals surface area contributed by atoms with E-state index >= 15 is 0 Å². The van der Waals surface area contributed by atoms with Crippen molar-refractivity contribution in [2.75, 3.05) is 0 Å². The predicted molar refractivity (Wildman–Crippen MR) is 33.7 cm³/mol. The van der Waals surface area contributed by atoms with E-state index in [-0.39, 0.29) is 11.9 Å². The number of carbonyl (C=O) groups is 1. The molecule has 0 unspecified atom stereocenters. The van der Waals surface area contributed by atoms with E-state index in [9.17, 15) is 9.18 Å². The summed E-state index contributed by atoms with van der Waals surface area (Å²) >= 11 is 0. The molecule has 0 N–H and O–H groups in total. The van der Waals surface area contributed by atoms with Gasteiger partial charge in [-0.05, 0) is 19.8 Å². The van der Waals surface area contributed by atoms with Gasteiger partial charge in [0.25, 0.3) is 0 Å². The van der Waals surface area contributed by atoms with E-state index in [1.807, 2.05) is 0 Å². The van der Waals surface area contributed by atoms with Crippen molar-refractivity contribution < 1.29 is 13.9 Å². The van der Waals surface area contributed by atoms with Crippen molar-refractivity contribution in [2.45, 2.75) is 19.8 Å². The number of allylic oxidation sites excluding steroid dienone is 1. The summed E-state index contributed by atoms with van der Waals surface area (Å²) in [7, 11) is 0. The Morgan fingerprint density at radius 1 is 1.70 bits per heavy atom. The zero-order chi connectivity index (χ0) is 7.56. The normalized spacial score (nSPS) is 18.8. The van der Waals surface area contributed by atoms with Crippen LogP contribution in [0.15, 0.2) is 12.1 Å². The average molecular weight is 144 g/mol. The van der Waals surface area contributed by atoms with Gasteiger partial charge in [-0.3, -0.25) is 4.79 Å². The van der Waals surface area contributed by atoms with Gasteiger partial charge in [-0.15, -0.1) is 0 Å². The molecule has 0 amide bonds. The number of hydrogen-bond acceptors (Lipinski definition) is 2. The first kappa shape index (κ1) is 7.25. The zero-order valence-corrected chi connectivity index (χ0v) is 5.76. The Bertz CT molecular complexity index is 166. The molecule has 3 heteroatoms. The number of esters is 1. The van der Waals surface area contributed by atoms with Gasteiger partial charge in [0, 0.05) is 0 Å². The molecule has 0 saturated heterocycles. The van der Waals surface area contributed by atoms with Crippen LogP contribution in [-0.4, -0.2) is 5.97 Å². The molecule has 2 nitrogen and oxygen atoms in total. The Labute approximate surface area is 58.7 Å². The largest absolute Gasteiger partial charge is 0.432 e. The topological polar surface area (TPSA) is 26.3 Å². The lowest BCUT2D eigenvalue weighted by Crippen LogP contribution is -2.00. The SMILES string of the molecule is CC(F)=COC(=O)C1CC1. The lowest BCUT2D eigenvalue weighted by atomic mass is 10.4. The molecule has 1 aliphatic carbocycles. The minimum absolute atomic E-state index is 0.0376. The number of halogens is 1. The summed E-state index contributed by atoms with van der Waals surface area (Å²) in [5, 5.41) is 0. The lowest BCUT2D eigenvalue weighted by molar-refractivity contribution is -0.139. The Hall–Kier alpha value is -0.860. The Balaban J connectivity index is 2.24. The third-order valence-electron chi connectivity index (χ3n) is 1.25. The summed E-state index contributed by atoms with van der Waals surface area (Å²) in [5.41, 5.74) is 0. The molecule has 0 radical (unpaired) electrons. The molecule has 0 heterocycles. The van der Waals surface area contributed by atoms with Crippen LogP contribution >= 0.6 is 0 Å². The smallest absolute Gasteiger partial charge is 0.313 e. The summed E-state index contributed by atoms with van der Waals surface area (Å²) < 4.78 is 16.4. The molecule has 0 bridgehead atoms. The minimum Gasteiger partial charge on any atom is -0.432 e. The molecule has 0 atom stereocenters. The van der Waals surface area contributed by atoms with Gasteiger partial charge in [0.1, 0.15) is 12.1 Å². The van der Waals surface area contributed by atoms with Crippen LogP contribution in [-0.2, 0) is 9.53 Å². The molecule has 0 aromatic heterocycles. The minimum atomic E-state index is -0.478. The molecule has 0 aliphatic heterocycles. The third kappa shape index (κ3) is 2.17. The van der Waals surface area contributed by atoms with E-state index in [2.05, 4.69) is 4.74 Å². The van der Waals surface area contributed by atoms with Gasteiger partial charge in [-0.2, -0.15) is 0 Å². The standard InChI is InChI=1S/C7H9FO2/c1-5(8)4-10-7(9)6-2-3-6/h4,6H,2-3H2,1H3. The number of rotatable bonds is 2. The highest BCUT2D eigenvalue weighted by Crippen LogP contribution is 2.30. The molecule has 56 valence electrons. The molecular weight excluding hydrogens is 135 g/mol. The Morgan fingerprint density at radius 3 is 2.70 bits per heavy atom. The van der Waals surface area contributed by atoms with Crippen LogP contribution < -0.4 is 0 Å². The van der Waals surface area contributed by atoms with Crippen LogP contribution in [0.4, 0.5) is 4.39 Å². The van der Waals surface area contributed by atoms with Gasteiger partial charge in [0.2, 0.25) is 0 Å². The lowest BCUT2D eigenvalue weighted by Gasteiger charge is -1.93. The molecule has 0 aromatic rings. The molecular formula is C7H9FO2. The average Bonchev–Trinajstić information content (AvgIpc) is 2.63. The fourth-order valence-electron chi connectivity index (χ4n) is 0.555. The first-order valence-corrected chi connectivity index (χ1v) is 3.23. The van der Waals surface area contributed by atoms with Gasteiger partial charge in [-0.25, -0.2) is 4.39 Å². The second kappa shape index (κ2) is 2.82. The maximum atomic E-state index is 11.9. The maximum Gasteiger partial charge on any atom is 0.313 e. The van der Waals surface area contributed by atoms with Gasteiger partial charge in [0.05, 0.1) is 5.92 Å². The molecule has 1 rings (SSSR count). The van der Waals surface area contributed by atoms with Crippen LogP contribution in [0.1, 0.15) is 19.8 Å². The second-order valence-corrected chi connectivity index (χ2v) is 2.42. The van der Waals surface area contributed by atoms with Crippen LogP contribution in [0, 0.1) is 5.92 Å². The van der Waals surface area contributed by atoms with E-state index in [0.717, 1.165) is 19.1 Å². The monoisotopic (exact) mass is 144 g/mol. The van der Waals surface area contributed by atoms with Crippen molar-refractivity contribution in [1.29, 1.82) is 0 Å². The molecule has 1 aliphatic rings. The summed E-state index contributed by atoms with van der Waals surface area (Å²) in [6.45, 7) is 1.24. The van der Waals surface area contributed by atoms with Gasteiger partial charge >= 0.3 is 5.97 Å². The quantitative estimate of drug-likeness (QED) is 0.436. The van der Waals surface area contributed by atoms with Crippen LogP contribution in [0.2, 0.25) is 0 Å². The zero-order valence-electron chi connectivity index (χ0n) is 5.76. The van der Waals surface area contributed by atoms with E-state index in [1.54, 1.807) is 0 Å². The summed E-state index contributed by atoms with van der Waals surface area (Å²) in [4.78, 5) is 10.7. The molecule has 10 heavy (non-hydrogen) atoms. The van der Waals surface area contributed by atoms with Gasteiger partial charge < -0.3 is 4.74 Å². The highest BCUT2D eigenvalue weighted by Gasteiger charge is 2.30. The van der Waals surface area contributed by atoms with Crippen LogP contribution in [0.3, 0.4) is 0 Å². The number of carbonyl (C=O) groups excluding carboxylic acids is 1. The predicted octanol–water partition coefficient (Wildman–Crippen LogP) is 1.77. The van der Waals surface area contributed by atoms with Crippen molar-refractivity contribution in [3.8, 4) is 0 Å².